The van der Waals surface area contributed by atoms with Crippen LogP contribution in [0.25, 0.3) is 11.7 Å². The molecule has 1 aromatic carbocycles. The molecule has 0 radical (unpaired) electrons. The van der Waals surface area contributed by atoms with Crippen molar-refractivity contribution in [3.63, 3.8) is 0 Å². The number of benzene rings is 1. The summed E-state index contributed by atoms with van der Waals surface area (Å²) in [4.78, 5) is 8.47. The van der Waals surface area contributed by atoms with E-state index in [1.807, 2.05) is 4.68 Å². The van der Waals surface area contributed by atoms with Crippen molar-refractivity contribution in [3.8, 4) is 17.5 Å². The molecule has 4 rings (SSSR count). The van der Waals surface area contributed by atoms with Gasteiger partial charge in [-0.2, -0.15) is 4.98 Å². The zero-order chi connectivity index (χ0) is 17.1. The highest BCUT2D eigenvalue weighted by atomic mass is 35.5. The summed E-state index contributed by atoms with van der Waals surface area (Å²) in [5.74, 6) is 1.00. The summed E-state index contributed by atoms with van der Waals surface area (Å²) < 4.78 is 25.6. The van der Waals surface area contributed by atoms with E-state index in [0.29, 0.717) is 17.4 Å². The maximum atomic E-state index is 13.1. The van der Waals surface area contributed by atoms with Crippen molar-refractivity contribution in [2.45, 2.75) is 25.5 Å². The fourth-order valence-corrected chi connectivity index (χ4v) is 2.72. The minimum absolute atomic E-state index is 0. The van der Waals surface area contributed by atoms with Gasteiger partial charge in [0.25, 0.3) is 5.89 Å². The number of piperidine rings is 1. The van der Waals surface area contributed by atoms with Crippen molar-refractivity contribution in [1.82, 2.24) is 30.2 Å². The monoisotopic (exact) mass is 380 g/mol. The van der Waals surface area contributed by atoms with Gasteiger partial charge < -0.3 is 14.6 Å². The molecule has 1 atom stereocenters. The lowest BCUT2D eigenvalue weighted by Gasteiger charge is -2.22. The van der Waals surface area contributed by atoms with Crippen LogP contribution in [0.1, 0.15) is 24.7 Å². The molecule has 0 saturated carbocycles. The van der Waals surface area contributed by atoms with E-state index in [2.05, 4.69) is 25.5 Å². The van der Waals surface area contributed by atoms with Gasteiger partial charge in [-0.15, -0.1) is 17.5 Å². The molecule has 0 bridgehead atoms. The lowest BCUT2D eigenvalue weighted by atomic mass is 10.1. The third-order valence-electron chi connectivity index (χ3n) is 3.98. The van der Waals surface area contributed by atoms with E-state index in [4.69, 9.17) is 9.26 Å². The summed E-state index contributed by atoms with van der Waals surface area (Å²) in [6.07, 6.45) is 3.86. The van der Waals surface area contributed by atoms with E-state index in [9.17, 15) is 4.39 Å². The maximum absolute atomic E-state index is 13.1. The van der Waals surface area contributed by atoms with Gasteiger partial charge in [0.2, 0.25) is 11.6 Å². The number of hydrogen-bond acceptors (Lipinski definition) is 7. The van der Waals surface area contributed by atoms with Crippen LogP contribution in [-0.2, 0) is 6.61 Å². The van der Waals surface area contributed by atoms with Crippen LogP contribution in [0.15, 0.2) is 35.1 Å². The predicted octanol–water partition coefficient (Wildman–Crippen LogP) is 2.39. The summed E-state index contributed by atoms with van der Waals surface area (Å²) in [5, 5.41) is 11.6. The quantitative estimate of drug-likeness (QED) is 0.726. The Morgan fingerprint density at radius 2 is 2.31 bits per heavy atom. The van der Waals surface area contributed by atoms with Crippen molar-refractivity contribution >= 4 is 12.4 Å². The van der Waals surface area contributed by atoms with Crippen molar-refractivity contribution < 1.29 is 13.7 Å². The fourth-order valence-electron chi connectivity index (χ4n) is 2.72. The van der Waals surface area contributed by atoms with Crippen LogP contribution < -0.4 is 10.1 Å². The Morgan fingerprint density at radius 1 is 1.38 bits per heavy atom. The normalized spacial score (nSPS) is 16.9. The highest BCUT2D eigenvalue weighted by Gasteiger charge is 2.19. The lowest BCUT2D eigenvalue weighted by molar-refractivity contribution is 0.285. The number of halogens is 2. The Labute approximate surface area is 155 Å². The number of hydrogen-bond donors (Lipinski definition) is 1. The highest BCUT2D eigenvalue weighted by molar-refractivity contribution is 5.85. The predicted molar refractivity (Wildman–Crippen MR) is 92.4 cm³/mol. The van der Waals surface area contributed by atoms with Gasteiger partial charge in [-0.25, -0.2) is 14.1 Å². The van der Waals surface area contributed by atoms with Crippen LogP contribution >= 0.6 is 12.4 Å². The smallest absolute Gasteiger partial charge is 0.297 e. The third kappa shape index (κ3) is 4.17. The largest absolute Gasteiger partial charge is 0.485 e. The summed E-state index contributed by atoms with van der Waals surface area (Å²) in [5.41, 5.74) is 0. The van der Waals surface area contributed by atoms with E-state index >= 15 is 0 Å². The minimum atomic E-state index is -0.363. The van der Waals surface area contributed by atoms with Crippen LogP contribution in [0.3, 0.4) is 0 Å². The Balaban J connectivity index is 0.00000196. The molecule has 26 heavy (non-hydrogen) atoms. The van der Waals surface area contributed by atoms with Gasteiger partial charge >= 0.3 is 0 Å². The van der Waals surface area contributed by atoms with Gasteiger partial charge in [-0.05, 0) is 31.5 Å². The molecule has 138 valence electrons. The van der Waals surface area contributed by atoms with Crippen LogP contribution in [0.4, 0.5) is 4.39 Å². The van der Waals surface area contributed by atoms with Gasteiger partial charge in [-0.3, -0.25) is 0 Å². The Bertz CT molecular complexity index is 849. The second kappa shape index (κ2) is 8.24. The molecule has 1 aliphatic heterocycles. The molecule has 0 amide bonds. The van der Waals surface area contributed by atoms with Gasteiger partial charge in [0.05, 0.1) is 6.04 Å². The second-order valence-corrected chi connectivity index (χ2v) is 5.81. The SMILES string of the molecule is Cl.Fc1cccc(OCc2noc(-c3ncn(C4CCCNC4)n3)n2)c1. The number of nitrogens with zero attached hydrogens (tertiary/aromatic N) is 5. The van der Waals surface area contributed by atoms with Gasteiger partial charge in [0.1, 0.15) is 17.9 Å². The number of rotatable bonds is 5. The summed E-state index contributed by atoms with van der Waals surface area (Å²) >= 11 is 0. The van der Waals surface area contributed by atoms with Crippen molar-refractivity contribution in [1.29, 1.82) is 0 Å². The first kappa shape index (κ1) is 18.3. The van der Waals surface area contributed by atoms with Crippen LogP contribution in [0, 0.1) is 5.82 Å². The fraction of sp³-hybridized carbons (Fsp3) is 0.375. The van der Waals surface area contributed by atoms with Crippen molar-refractivity contribution in [2.24, 2.45) is 0 Å². The van der Waals surface area contributed by atoms with Gasteiger partial charge in [-0.1, -0.05) is 11.2 Å². The maximum Gasteiger partial charge on any atom is 0.297 e. The summed E-state index contributed by atoms with van der Waals surface area (Å²) in [7, 11) is 0. The Hall–Kier alpha value is -2.52. The molecule has 10 heteroatoms. The lowest BCUT2D eigenvalue weighted by Crippen LogP contribution is -2.31. The summed E-state index contributed by atoms with van der Waals surface area (Å²) in [6.45, 7) is 1.98. The molecule has 1 unspecified atom stereocenters. The van der Waals surface area contributed by atoms with Crippen LogP contribution in [0.5, 0.6) is 5.75 Å². The highest BCUT2D eigenvalue weighted by Crippen LogP contribution is 2.19. The zero-order valence-electron chi connectivity index (χ0n) is 13.8. The second-order valence-electron chi connectivity index (χ2n) is 5.81. The van der Waals surface area contributed by atoms with E-state index in [-0.39, 0.29) is 36.8 Å². The first-order chi connectivity index (χ1) is 12.3. The zero-order valence-corrected chi connectivity index (χ0v) is 14.7. The molecule has 1 saturated heterocycles. The molecule has 2 aromatic heterocycles. The Kier molecular flexibility index (Phi) is 5.79. The van der Waals surface area contributed by atoms with Crippen molar-refractivity contribution in [2.75, 3.05) is 13.1 Å². The number of nitrogens with one attached hydrogen (secondary N) is 1. The molecular weight excluding hydrogens is 363 g/mol. The topological polar surface area (TPSA) is 90.9 Å². The first-order valence-corrected chi connectivity index (χ1v) is 8.11. The molecule has 3 aromatic rings. The average Bonchev–Trinajstić information content (AvgIpc) is 3.30. The molecule has 1 N–H and O–H groups in total. The molecule has 1 fully saturated rings. The van der Waals surface area contributed by atoms with E-state index in [0.717, 1.165) is 25.9 Å². The Morgan fingerprint density at radius 3 is 3.12 bits per heavy atom. The molecule has 3 heterocycles. The molecular formula is C16H18ClFN6O2. The third-order valence-corrected chi connectivity index (χ3v) is 3.98. The molecule has 1 aliphatic rings. The average molecular weight is 381 g/mol. The minimum Gasteiger partial charge on any atom is -0.485 e. The van der Waals surface area contributed by atoms with E-state index in [1.165, 1.54) is 12.1 Å². The molecule has 8 nitrogen and oxygen atoms in total. The van der Waals surface area contributed by atoms with E-state index < -0.39 is 0 Å². The standard InChI is InChI=1S/C16H17FN6O2.ClH/c17-11-3-1-5-13(7-11)24-9-14-20-16(25-22-14)15-19-10-23(21-15)12-4-2-6-18-8-12;/h1,3,5,7,10,12,18H,2,4,6,8-9H2;1H. The molecule has 0 aliphatic carbocycles. The van der Waals surface area contributed by atoms with Crippen LogP contribution in [-0.4, -0.2) is 38.0 Å². The summed E-state index contributed by atoms with van der Waals surface area (Å²) in [6, 6.07) is 6.16. The van der Waals surface area contributed by atoms with E-state index in [1.54, 1.807) is 18.5 Å². The number of ether oxygens (including phenoxy) is 1. The first-order valence-electron chi connectivity index (χ1n) is 8.11. The number of aromatic nitrogens is 5. The van der Waals surface area contributed by atoms with Gasteiger partial charge in [0.15, 0.2) is 6.61 Å². The van der Waals surface area contributed by atoms with Gasteiger partial charge in [0, 0.05) is 12.6 Å². The van der Waals surface area contributed by atoms with Crippen LogP contribution in [0.2, 0.25) is 0 Å². The molecule has 0 spiro atoms. The van der Waals surface area contributed by atoms with Crippen molar-refractivity contribution in [3.05, 3.63) is 42.2 Å².